The maximum Gasteiger partial charge on any atom is 0.272 e. The Bertz CT molecular complexity index is 1210. The quantitative estimate of drug-likeness (QED) is 0.622. The summed E-state index contributed by atoms with van der Waals surface area (Å²) in [6.45, 7) is 0. The van der Waals surface area contributed by atoms with Gasteiger partial charge >= 0.3 is 0 Å². The molecule has 0 N–H and O–H groups in total. The molecule has 1 heterocycles. The highest BCUT2D eigenvalue weighted by Gasteiger charge is 2.31. The van der Waals surface area contributed by atoms with Gasteiger partial charge in [0, 0.05) is 32.6 Å². The van der Waals surface area contributed by atoms with Crippen molar-refractivity contribution in [2.75, 3.05) is 12.8 Å². The second kappa shape index (κ2) is 8.38. The van der Waals surface area contributed by atoms with Crippen LogP contribution < -0.4 is 0 Å². The first-order valence-electron chi connectivity index (χ1n) is 12.0. The van der Waals surface area contributed by atoms with Crippen LogP contribution in [-0.4, -0.2) is 53.6 Å². The summed E-state index contributed by atoms with van der Waals surface area (Å²) in [5.41, 5.74) is 6.53. The molecule has 33 heavy (non-hydrogen) atoms. The molecule has 5 rings (SSSR count). The lowest BCUT2D eigenvalue weighted by atomic mass is 9.91. The fourth-order valence-corrected chi connectivity index (χ4v) is 6.81. The van der Waals surface area contributed by atoms with E-state index in [2.05, 4.69) is 11.2 Å². The third kappa shape index (κ3) is 4.03. The second-order valence-corrected chi connectivity index (χ2v) is 11.7. The molecule has 0 atom stereocenters. The van der Waals surface area contributed by atoms with Crippen molar-refractivity contribution >= 4 is 21.5 Å². The highest BCUT2D eigenvalue weighted by atomic mass is 32.2. The third-order valence-electron chi connectivity index (χ3n) is 7.66. The van der Waals surface area contributed by atoms with Crippen molar-refractivity contribution in [2.45, 2.75) is 75.3 Å². The molecule has 1 amide bonds. The van der Waals surface area contributed by atoms with Crippen molar-refractivity contribution in [1.82, 2.24) is 14.7 Å². The maximum atomic E-state index is 13.0. The standard InChI is InChI=1S/C25H31N3O4S/c1-27(18-8-5-9-18)25(30)23-14-24(26-28(23)2)33(31,32)15-19(29)13-22-20-10-3-6-16(20)12-17-7-4-11-21(17)22/h12,14,18H,3-11,13,15H2,1-2H3. The average Bonchev–Trinajstić information content (AvgIpc) is 3.44. The molecule has 8 heteroatoms. The van der Waals surface area contributed by atoms with E-state index < -0.39 is 15.6 Å². The predicted octanol–water partition coefficient (Wildman–Crippen LogP) is 2.61. The van der Waals surface area contributed by atoms with Crippen LogP contribution in [0.1, 0.15) is 70.4 Å². The van der Waals surface area contributed by atoms with E-state index in [1.807, 2.05) is 0 Å². The van der Waals surface area contributed by atoms with Gasteiger partial charge in [0.25, 0.3) is 5.91 Å². The summed E-state index contributed by atoms with van der Waals surface area (Å²) < 4.78 is 27.4. The van der Waals surface area contributed by atoms with Gasteiger partial charge in [-0.25, -0.2) is 8.42 Å². The van der Waals surface area contributed by atoms with E-state index in [0.717, 1.165) is 63.4 Å². The van der Waals surface area contributed by atoms with Crippen LogP contribution in [0, 0.1) is 0 Å². The van der Waals surface area contributed by atoms with Crippen LogP contribution in [0.15, 0.2) is 17.2 Å². The molecule has 1 fully saturated rings. The van der Waals surface area contributed by atoms with E-state index in [4.69, 9.17) is 0 Å². The summed E-state index contributed by atoms with van der Waals surface area (Å²) in [6, 6.07) is 3.82. The number of rotatable bonds is 7. The number of benzene rings is 1. The number of hydrogen-bond acceptors (Lipinski definition) is 5. The Morgan fingerprint density at radius 3 is 2.24 bits per heavy atom. The molecule has 176 valence electrons. The lowest BCUT2D eigenvalue weighted by molar-refractivity contribution is -0.116. The first-order valence-corrected chi connectivity index (χ1v) is 13.6. The van der Waals surface area contributed by atoms with Crippen LogP contribution >= 0.6 is 0 Å². The van der Waals surface area contributed by atoms with Crippen LogP contribution in [0.4, 0.5) is 0 Å². The summed E-state index contributed by atoms with van der Waals surface area (Å²) in [5.74, 6) is -1.14. The molecular formula is C25H31N3O4S. The van der Waals surface area contributed by atoms with Crippen molar-refractivity contribution in [1.29, 1.82) is 0 Å². The average molecular weight is 470 g/mol. The molecule has 3 aliphatic rings. The minimum atomic E-state index is -3.93. The number of carbonyl (C=O) groups excluding carboxylic acids is 2. The summed E-state index contributed by atoms with van der Waals surface area (Å²) in [4.78, 5) is 27.5. The molecule has 0 spiro atoms. The summed E-state index contributed by atoms with van der Waals surface area (Å²) in [6.07, 6.45) is 9.41. The van der Waals surface area contributed by atoms with Gasteiger partial charge in [0.2, 0.25) is 9.84 Å². The van der Waals surface area contributed by atoms with Gasteiger partial charge in [0.1, 0.15) is 11.4 Å². The zero-order valence-electron chi connectivity index (χ0n) is 19.4. The second-order valence-electron chi connectivity index (χ2n) is 9.80. The topological polar surface area (TPSA) is 89.3 Å². The van der Waals surface area contributed by atoms with Gasteiger partial charge in [0.15, 0.2) is 10.8 Å². The fraction of sp³-hybridized carbons (Fsp3) is 0.560. The predicted molar refractivity (Wildman–Crippen MR) is 124 cm³/mol. The molecule has 0 unspecified atom stereocenters. The Morgan fingerprint density at radius 1 is 1.03 bits per heavy atom. The number of carbonyl (C=O) groups is 2. The van der Waals surface area contributed by atoms with E-state index in [-0.39, 0.29) is 34.9 Å². The van der Waals surface area contributed by atoms with E-state index in [1.165, 1.54) is 33.0 Å². The summed E-state index contributed by atoms with van der Waals surface area (Å²) in [7, 11) is -0.620. The fourth-order valence-electron chi connectivity index (χ4n) is 5.60. The SMILES string of the molecule is CN(C(=O)c1cc(S(=O)(=O)CC(=O)Cc2c3c(cc4c2CCC4)CCC3)nn1C)C1CCC1. The van der Waals surface area contributed by atoms with Gasteiger partial charge in [-0.15, -0.1) is 0 Å². The molecule has 1 aromatic heterocycles. The van der Waals surface area contributed by atoms with Gasteiger partial charge < -0.3 is 4.90 Å². The number of aryl methyl sites for hydroxylation is 3. The molecule has 0 aliphatic heterocycles. The van der Waals surface area contributed by atoms with Crippen molar-refractivity contribution in [2.24, 2.45) is 7.05 Å². The van der Waals surface area contributed by atoms with Crippen LogP contribution in [0.3, 0.4) is 0 Å². The Kier molecular flexibility index (Phi) is 5.67. The molecule has 0 bridgehead atoms. The summed E-state index contributed by atoms with van der Waals surface area (Å²) >= 11 is 0. The van der Waals surface area contributed by atoms with E-state index in [9.17, 15) is 18.0 Å². The molecule has 0 saturated heterocycles. The number of hydrogen-bond donors (Lipinski definition) is 0. The highest BCUT2D eigenvalue weighted by Crippen LogP contribution is 2.35. The van der Waals surface area contributed by atoms with Gasteiger partial charge in [-0.1, -0.05) is 6.07 Å². The largest absolute Gasteiger partial charge is 0.337 e. The Morgan fingerprint density at radius 2 is 1.67 bits per heavy atom. The van der Waals surface area contributed by atoms with Crippen LogP contribution in [-0.2, 0) is 53.8 Å². The highest BCUT2D eigenvalue weighted by molar-refractivity contribution is 7.92. The lowest BCUT2D eigenvalue weighted by Crippen LogP contribution is -2.41. The van der Waals surface area contributed by atoms with E-state index >= 15 is 0 Å². The summed E-state index contributed by atoms with van der Waals surface area (Å²) in [5, 5.41) is 3.89. The van der Waals surface area contributed by atoms with Gasteiger partial charge in [-0.05, 0) is 85.6 Å². The number of Topliss-reactive ketones (excluding diaryl/α,β-unsaturated/α-hetero) is 1. The van der Waals surface area contributed by atoms with Crippen LogP contribution in [0.25, 0.3) is 0 Å². The van der Waals surface area contributed by atoms with E-state index in [1.54, 1.807) is 19.0 Å². The Labute approximate surface area is 195 Å². The smallest absolute Gasteiger partial charge is 0.272 e. The third-order valence-corrected chi connectivity index (χ3v) is 9.20. The molecule has 1 saturated carbocycles. The Hall–Kier alpha value is -2.48. The number of nitrogens with zero attached hydrogens (tertiary/aromatic N) is 3. The number of amides is 1. The first kappa shape index (κ1) is 22.3. The minimum Gasteiger partial charge on any atom is -0.337 e. The van der Waals surface area contributed by atoms with Crippen molar-refractivity contribution in [3.63, 3.8) is 0 Å². The Balaban J connectivity index is 1.34. The normalized spacial score (nSPS) is 17.5. The molecule has 3 aliphatic carbocycles. The number of aromatic nitrogens is 2. The molecule has 7 nitrogen and oxygen atoms in total. The molecule has 0 radical (unpaired) electrons. The number of fused-ring (bicyclic) bond motifs is 2. The number of sulfone groups is 1. The molecule has 2 aromatic rings. The maximum absolute atomic E-state index is 13.0. The van der Waals surface area contributed by atoms with Crippen LogP contribution in [0.2, 0.25) is 0 Å². The van der Waals surface area contributed by atoms with Crippen molar-refractivity contribution in [3.8, 4) is 0 Å². The van der Waals surface area contributed by atoms with E-state index in [0.29, 0.717) is 0 Å². The van der Waals surface area contributed by atoms with Gasteiger partial charge in [-0.2, -0.15) is 5.10 Å². The minimum absolute atomic E-state index is 0.160. The van der Waals surface area contributed by atoms with Crippen molar-refractivity contribution in [3.05, 3.63) is 45.6 Å². The number of ketones is 1. The zero-order valence-corrected chi connectivity index (χ0v) is 20.2. The first-order chi connectivity index (χ1) is 15.7. The monoisotopic (exact) mass is 469 g/mol. The molecular weight excluding hydrogens is 438 g/mol. The van der Waals surface area contributed by atoms with Gasteiger partial charge in [0.05, 0.1) is 0 Å². The zero-order chi connectivity index (χ0) is 23.3. The van der Waals surface area contributed by atoms with Gasteiger partial charge in [-0.3, -0.25) is 14.3 Å². The van der Waals surface area contributed by atoms with Crippen LogP contribution in [0.5, 0.6) is 0 Å². The lowest BCUT2D eigenvalue weighted by Gasteiger charge is -2.34. The van der Waals surface area contributed by atoms with Crippen molar-refractivity contribution < 1.29 is 18.0 Å². The molecule has 1 aromatic carbocycles.